The van der Waals surface area contributed by atoms with Gasteiger partial charge in [0.05, 0.1) is 10.5 Å². The molecule has 0 amide bonds. The molecule has 0 aliphatic carbocycles. The van der Waals surface area contributed by atoms with Crippen molar-refractivity contribution in [1.29, 1.82) is 0 Å². The molecular formula is C13H8F4N2O3. The summed E-state index contributed by atoms with van der Waals surface area (Å²) in [4.78, 5) is 13.6. The topological polar surface area (TPSA) is 65.3 Å². The van der Waals surface area contributed by atoms with E-state index >= 15 is 0 Å². The summed E-state index contributed by atoms with van der Waals surface area (Å²) >= 11 is 0. The van der Waals surface area contributed by atoms with E-state index < -0.39 is 22.5 Å². The van der Waals surface area contributed by atoms with Crippen molar-refractivity contribution in [3.8, 4) is 11.6 Å². The van der Waals surface area contributed by atoms with Crippen LogP contribution in [0.4, 0.5) is 23.2 Å². The molecule has 1 aromatic heterocycles. The Bertz CT molecular complexity index is 732. The van der Waals surface area contributed by atoms with Gasteiger partial charge in [-0.1, -0.05) is 0 Å². The van der Waals surface area contributed by atoms with Crippen molar-refractivity contribution in [1.82, 2.24) is 4.98 Å². The molecule has 0 atom stereocenters. The zero-order chi connectivity index (χ0) is 16.5. The highest BCUT2D eigenvalue weighted by Crippen LogP contribution is 2.34. The lowest BCUT2D eigenvalue weighted by molar-refractivity contribution is -0.385. The van der Waals surface area contributed by atoms with Crippen LogP contribution in [0.25, 0.3) is 0 Å². The molecule has 2 aromatic rings. The van der Waals surface area contributed by atoms with Crippen molar-refractivity contribution in [2.24, 2.45) is 0 Å². The molecule has 22 heavy (non-hydrogen) atoms. The van der Waals surface area contributed by atoms with Gasteiger partial charge in [-0.15, -0.1) is 0 Å². The Labute approximate surface area is 121 Å². The smallest absolute Gasteiger partial charge is 0.419 e. The number of hydrogen-bond donors (Lipinski definition) is 0. The van der Waals surface area contributed by atoms with E-state index in [0.717, 1.165) is 12.3 Å². The molecule has 0 bridgehead atoms. The van der Waals surface area contributed by atoms with Gasteiger partial charge in [0, 0.05) is 11.6 Å². The summed E-state index contributed by atoms with van der Waals surface area (Å²) in [6.07, 6.45) is -3.93. The molecule has 0 aliphatic heterocycles. The van der Waals surface area contributed by atoms with Crippen molar-refractivity contribution in [3.05, 3.63) is 57.5 Å². The molecular weight excluding hydrogens is 308 g/mol. The molecule has 2 rings (SSSR count). The number of nitro groups is 1. The maximum absolute atomic E-state index is 13.1. The van der Waals surface area contributed by atoms with E-state index in [1.807, 2.05) is 0 Å². The molecule has 116 valence electrons. The van der Waals surface area contributed by atoms with Crippen LogP contribution >= 0.6 is 0 Å². The van der Waals surface area contributed by atoms with Crippen LogP contribution in [-0.4, -0.2) is 9.91 Å². The van der Waals surface area contributed by atoms with E-state index in [-0.39, 0.29) is 22.9 Å². The average Bonchev–Trinajstić information content (AvgIpc) is 2.39. The van der Waals surface area contributed by atoms with Gasteiger partial charge >= 0.3 is 6.18 Å². The van der Waals surface area contributed by atoms with Gasteiger partial charge in [-0.3, -0.25) is 10.1 Å². The zero-order valence-electron chi connectivity index (χ0n) is 11.0. The van der Waals surface area contributed by atoms with Gasteiger partial charge < -0.3 is 4.74 Å². The number of aromatic nitrogens is 1. The fourth-order valence-corrected chi connectivity index (χ4v) is 1.68. The molecule has 0 radical (unpaired) electrons. The van der Waals surface area contributed by atoms with Crippen LogP contribution < -0.4 is 4.74 Å². The number of benzene rings is 1. The van der Waals surface area contributed by atoms with Crippen molar-refractivity contribution in [3.63, 3.8) is 0 Å². The lowest BCUT2D eigenvalue weighted by Gasteiger charge is -2.10. The average molecular weight is 316 g/mol. The number of rotatable bonds is 3. The third-order valence-corrected chi connectivity index (χ3v) is 2.72. The highest BCUT2D eigenvalue weighted by Gasteiger charge is 2.34. The molecule has 9 heteroatoms. The number of halogens is 4. The number of nitrogens with zero attached hydrogens (tertiary/aromatic N) is 2. The quantitative estimate of drug-likeness (QED) is 0.482. The zero-order valence-corrected chi connectivity index (χ0v) is 11.0. The summed E-state index contributed by atoms with van der Waals surface area (Å²) in [7, 11) is 0. The predicted octanol–water partition coefficient (Wildman–Crippen LogP) is 4.25. The predicted molar refractivity (Wildman–Crippen MR) is 67.1 cm³/mol. The number of hydrogen-bond acceptors (Lipinski definition) is 4. The second-order valence-corrected chi connectivity index (χ2v) is 4.31. The number of alkyl halides is 3. The molecule has 1 aromatic carbocycles. The lowest BCUT2D eigenvalue weighted by atomic mass is 10.2. The Hall–Kier alpha value is -2.71. The molecule has 0 N–H and O–H groups in total. The van der Waals surface area contributed by atoms with Crippen molar-refractivity contribution in [2.45, 2.75) is 13.1 Å². The van der Waals surface area contributed by atoms with Gasteiger partial charge in [0.1, 0.15) is 17.8 Å². The van der Waals surface area contributed by atoms with Gasteiger partial charge in [-0.2, -0.15) is 13.2 Å². The standard InChI is InChI=1S/C13H8F4N2O3/c1-7-4-12(18-6-11(7)19(20)21)22-8-2-3-10(14)9(5-8)13(15,16)17/h2-6H,1H3. The van der Waals surface area contributed by atoms with Crippen LogP contribution in [0.15, 0.2) is 30.5 Å². The van der Waals surface area contributed by atoms with Gasteiger partial charge in [0.15, 0.2) is 0 Å². The van der Waals surface area contributed by atoms with Crippen LogP contribution in [0.5, 0.6) is 11.6 Å². The van der Waals surface area contributed by atoms with Gasteiger partial charge in [0.25, 0.3) is 5.69 Å². The molecule has 0 fully saturated rings. The van der Waals surface area contributed by atoms with Crippen molar-refractivity contribution >= 4 is 5.69 Å². The highest BCUT2D eigenvalue weighted by atomic mass is 19.4. The maximum Gasteiger partial charge on any atom is 0.419 e. The summed E-state index contributed by atoms with van der Waals surface area (Å²) in [5, 5.41) is 10.6. The Kier molecular flexibility index (Phi) is 3.98. The first-order valence-corrected chi connectivity index (χ1v) is 5.84. The Morgan fingerprint density at radius 3 is 2.50 bits per heavy atom. The second-order valence-electron chi connectivity index (χ2n) is 4.31. The largest absolute Gasteiger partial charge is 0.439 e. The van der Waals surface area contributed by atoms with Gasteiger partial charge in [-0.05, 0) is 25.1 Å². The van der Waals surface area contributed by atoms with Crippen LogP contribution in [0.2, 0.25) is 0 Å². The van der Waals surface area contributed by atoms with Crippen molar-refractivity contribution < 1.29 is 27.2 Å². The first-order chi connectivity index (χ1) is 10.2. The molecule has 0 aliphatic rings. The fourth-order valence-electron chi connectivity index (χ4n) is 1.68. The summed E-state index contributed by atoms with van der Waals surface area (Å²) < 4.78 is 56.0. The summed E-state index contributed by atoms with van der Waals surface area (Å²) in [6.45, 7) is 1.43. The first-order valence-electron chi connectivity index (χ1n) is 5.84. The van der Waals surface area contributed by atoms with E-state index in [0.29, 0.717) is 12.1 Å². The molecule has 0 saturated heterocycles. The summed E-state index contributed by atoms with van der Waals surface area (Å²) in [5.74, 6) is -1.84. The maximum atomic E-state index is 13.1. The SMILES string of the molecule is Cc1cc(Oc2ccc(F)c(C(F)(F)F)c2)ncc1[N+](=O)[O-]. The van der Waals surface area contributed by atoms with Crippen LogP contribution in [0.3, 0.4) is 0 Å². The minimum Gasteiger partial charge on any atom is -0.439 e. The third kappa shape index (κ3) is 3.30. The number of ether oxygens (including phenoxy) is 1. The molecule has 1 heterocycles. The van der Waals surface area contributed by atoms with Crippen LogP contribution in [0, 0.1) is 22.9 Å². The molecule has 0 spiro atoms. The molecule has 0 unspecified atom stereocenters. The fraction of sp³-hybridized carbons (Fsp3) is 0.154. The van der Waals surface area contributed by atoms with Gasteiger partial charge in [-0.25, -0.2) is 9.37 Å². The van der Waals surface area contributed by atoms with E-state index in [1.54, 1.807) is 0 Å². The minimum atomic E-state index is -4.86. The van der Waals surface area contributed by atoms with E-state index in [2.05, 4.69) is 4.98 Å². The van der Waals surface area contributed by atoms with E-state index in [1.165, 1.54) is 13.0 Å². The lowest BCUT2D eigenvalue weighted by Crippen LogP contribution is -2.08. The Balaban J connectivity index is 2.32. The normalized spacial score (nSPS) is 11.3. The molecule has 0 saturated carbocycles. The Morgan fingerprint density at radius 2 is 1.95 bits per heavy atom. The molecule has 5 nitrogen and oxygen atoms in total. The number of aryl methyl sites for hydroxylation is 1. The minimum absolute atomic E-state index is 0.136. The number of pyridine rings is 1. The second kappa shape index (κ2) is 5.58. The van der Waals surface area contributed by atoms with Crippen LogP contribution in [-0.2, 0) is 6.18 Å². The van der Waals surface area contributed by atoms with E-state index in [4.69, 9.17) is 4.74 Å². The third-order valence-electron chi connectivity index (χ3n) is 2.72. The Morgan fingerprint density at radius 1 is 1.27 bits per heavy atom. The summed E-state index contributed by atoms with van der Waals surface area (Å²) in [6, 6.07) is 3.32. The highest BCUT2D eigenvalue weighted by molar-refractivity contribution is 5.41. The van der Waals surface area contributed by atoms with Crippen LogP contribution in [0.1, 0.15) is 11.1 Å². The van der Waals surface area contributed by atoms with Crippen molar-refractivity contribution in [2.75, 3.05) is 0 Å². The monoisotopic (exact) mass is 316 g/mol. The summed E-state index contributed by atoms with van der Waals surface area (Å²) in [5.41, 5.74) is -1.49. The van der Waals surface area contributed by atoms with Gasteiger partial charge in [0.2, 0.25) is 5.88 Å². The first kappa shape index (κ1) is 15.7. The van der Waals surface area contributed by atoms with E-state index in [9.17, 15) is 27.7 Å².